The van der Waals surface area contributed by atoms with Crippen LogP contribution in [0.25, 0.3) is 0 Å². The monoisotopic (exact) mass is 336 g/mol. The van der Waals surface area contributed by atoms with E-state index in [4.69, 9.17) is 4.74 Å². The minimum absolute atomic E-state index is 0.0500. The summed E-state index contributed by atoms with van der Waals surface area (Å²) in [4.78, 5) is 15.2. The molecule has 2 heterocycles. The fourth-order valence-corrected chi connectivity index (χ4v) is 3.97. The first-order chi connectivity index (χ1) is 12.3. The van der Waals surface area contributed by atoms with Gasteiger partial charge in [-0.25, -0.2) is 0 Å². The first-order valence-corrected chi connectivity index (χ1v) is 9.07. The summed E-state index contributed by atoms with van der Waals surface area (Å²) in [6.07, 6.45) is 1.65. The minimum atomic E-state index is -0.0500. The smallest absolute Gasteiger partial charge is 0.225 e. The molecular formula is C21H24N2O2. The molecule has 1 N–H and O–H groups in total. The Kier molecular flexibility index (Phi) is 4.70. The van der Waals surface area contributed by atoms with Crippen molar-refractivity contribution in [2.45, 2.75) is 18.9 Å². The number of hydrogen-bond acceptors (Lipinski definition) is 3. The van der Waals surface area contributed by atoms with E-state index >= 15 is 0 Å². The quantitative estimate of drug-likeness (QED) is 0.932. The van der Waals surface area contributed by atoms with Gasteiger partial charge in [0.05, 0.1) is 25.2 Å². The number of rotatable bonds is 4. The molecule has 1 saturated heterocycles. The largest absolute Gasteiger partial charge is 0.377 e. The SMILES string of the molecule is O=C(NCCc1ccccc1)C1Cc2ccccc2N2CCOCC12. The number of ether oxygens (including phenoxy) is 1. The van der Waals surface area contributed by atoms with Gasteiger partial charge in [-0.3, -0.25) is 4.79 Å². The summed E-state index contributed by atoms with van der Waals surface area (Å²) in [5, 5.41) is 3.14. The summed E-state index contributed by atoms with van der Waals surface area (Å²) >= 11 is 0. The fraction of sp³-hybridized carbons (Fsp3) is 0.381. The lowest BCUT2D eigenvalue weighted by molar-refractivity contribution is -0.126. The maximum atomic E-state index is 12.9. The molecule has 0 radical (unpaired) electrons. The van der Waals surface area contributed by atoms with Gasteiger partial charge in [0.1, 0.15) is 0 Å². The number of carbonyl (C=O) groups excluding carboxylic acids is 1. The number of anilines is 1. The standard InChI is InChI=1S/C21H24N2O2/c24-21(22-11-10-16-6-2-1-3-7-16)18-14-17-8-4-5-9-19(17)23-12-13-25-15-20(18)23/h1-9,18,20H,10-15H2,(H,22,24). The molecule has 0 aromatic heterocycles. The van der Waals surface area contributed by atoms with Gasteiger partial charge in [0.2, 0.25) is 5.91 Å². The molecular weight excluding hydrogens is 312 g/mol. The molecule has 0 spiro atoms. The molecule has 2 aliphatic heterocycles. The highest BCUT2D eigenvalue weighted by Gasteiger charge is 2.39. The number of morpholine rings is 1. The van der Waals surface area contributed by atoms with Crippen molar-refractivity contribution < 1.29 is 9.53 Å². The van der Waals surface area contributed by atoms with E-state index in [0.29, 0.717) is 13.2 Å². The van der Waals surface area contributed by atoms with Crippen LogP contribution in [0.3, 0.4) is 0 Å². The van der Waals surface area contributed by atoms with E-state index in [-0.39, 0.29) is 17.9 Å². The van der Waals surface area contributed by atoms with Crippen molar-refractivity contribution in [2.24, 2.45) is 5.92 Å². The third-order valence-electron chi connectivity index (χ3n) is 5.26. The predicted molar refractivity (Wildman–Crippen MR) is 98.7 cm³/mol. The second kappa shape index (κ2) is 7.28. The van der Waals surface area contributed by atoms with Crippen LogP contribution in [0.5, 0.6) is 0 Å². The van der Waals surface area contributed by atoms with Crippen LogP contribution in [-0.4, -0.2) is 38.3 Å². The van der Waals surface area contributed by atoms with Crippen molar-refractivity contribution in [3.05, 3.63) is 65.7 Å². The van der Waals surface area contributed by atoms with Crippen LogP contribution in [0.2, 0.25) is 0 Å². The highest BCUT2D eigenvalue weighted by molar-refractivity contribution is 5.82. The van der Waals surface area contributed by atoms with Crippen LogP contribution in [0.1, 0.15) is 11.1 Å². The Morgan fingerprint density at radius 3 is 2.80 bits per heavy atom. The third-order valence-corrected chi connectivity index (χ3v) is 5.26. The van der Waals surface area contributed by atoms with Crippen LogP contribution in [0, 0.1) is 5.92 Å². The molecule has 2 atom stereocenters. The zero-order chi connectivity index (χ0) is 17.1. The number of nitrogens with one attached hydrogen (secondary N) is 1. The zero-order valence-corrected chi connectivity index (χ0v) is 14.4. The molecule has 4 nitrogen and oxygen atoms in total. The predicted octanol–water partition coefficient (Wildman–Crippen LogP) is 2.42. The van der Waals surface area contributed by atoms with Crippen molar-refractivity contribution in [1.82, 2.24) is 5.32 Å². The highest BCUT2D eigenvalue weighted by Crippen LogP contribution is 2.35. The number of carbonyl (C=O) groups is 1. The van der Waals surface area contributed by atoms with E-state index in [1.54, 1.807) is 0 Å². The van der Waals surface area contributed by atoms with Crippen molar-refractivity contribution in [1.29, 1.82) is 0 Å². The first kappa shape index (κ1) is 16.2. The average molecular weight is 336 g/mol. The second-order valence-electron chi connectivity index (χ2n) is 6.80. The molecule has 4 heteroatoms. The third kappa shape index (κ3) is 3.40. The van der Waals surface area contributed by atoms with Gasteiger partial charge in [-0.15, -0.1) is 0 Å². The van der Waals surface area contributed by atoms with Gasteiger partial charge < -0.3 is 15.0 Å². The lowest BCUT2D eigenvalue weighted by atomic mass is 9.84. The fourth-order valence-electron chi connectivity index (χ4n) is 3.97. The Hall–Kier alpha value is -2.33. The summed E-state index contributed by atoms with van der Waals surface area (Å²) in [6.45, 7) is 2.89. The molecule has 25 heavy (non-hydrogen) atoms. The second-order valence-corrected chi connectivity index (χ2v) is 6.80. The van der Waals surface area contributed by atoms with Crippen LogP contribution in [0.4, 0.5) is 5.69 Å². The van der Waals surface area contributed by atoms with Crippen molar-refractivity contribution in [3.8, 4) is 0 Å². The Morgan fingerprint density at radius 1 is 1.12 bits per heavy atom. The van der Waals surface area contributed by atoms with Gasteiger partial charge in [0.15, 0.2) is 0 Å². The minimum Gasteiger partial charge on any atom is -0.377 e. The van der Waals surface area contributed by atoms with E-state index in [1.807, 2.05) is 18.2 Å². The summed E-state index contributed by atoms with van der Waals surface area (Å²) in [6, 6.07) is 18.9. The molecule has 0 bridgehead atoms. The van der Waals surface area contributed by atoms with Crippen LogP contribution < -0.4 is 10.2 Å². The van der Waals surface area contributed by atoms with Gasteiger partial charge in [-0.1, -0.05) is 48.5 Å². The number of nitrogens with zero attached hydrogens (tertiary/aromatic N) is 1. The van der Waals surface area contributed by atoms with Gasteiger partial charge in [0.25, 0.3) is 0 Å². The number of hydrogen-bond donors (Lipinski definition) is 1. The van der Waals surface area contributed by atoms with Crippen LogP contribution in [-0.2, 0) is 22.4 Å². The van der Waals surface area contributed by atoms with Gasteiger partial charge >= 0.3 is 0 Å². The molecule has 0 saturated carbocycles. The van der Waals surface area contributed by atoms with Crippen molar-refractivity contribution >= 4 is 11.6 Å². The van der Waals surface area contributed by atoms with Crippen LogP contribution in [0.15, 0.2) is 54.6 Å². The maximum absolute atomic E-state index is 12.9. The molecule has 0 aliphatic carbocycles. The normalized spacial score (nSPS) is 22.0. The molecule has 2 aromatic rings. The molecule has 130 valence electrons. The molecule has 2 aliphatic rings. The van der Waals surface area contributed by atoms with Crippen molar-refractivity contribution in [2.75, 3.05) is 31.2 Å². The lowest BCUT2D eigenvalue weighted by Crippen LogP contribution is -2.56. The van der Waals surface area contributed by atoms with Crippen molar-refractivity contribution in [3.63, 3.8) is 0 Å². The first-order valence-electron chi connectivity index (χ1n) is 9.07. The number of fused-ring (bicyclic) bond motifs is 3. The molecule has 1 amide bonds. The summed E-state index contributed by atoms with van der Waals surface area (Å²) in [5.41, 5.74) is 3.78. The Bertz CT molecular complexity index is 732. The van der Waals surface area contributed by atoms with Gasteiger partial charge in [-0.2, -0.15) is 0 Å². The van der Waals surface area contributed by atoms with E-state index in [2.05, 4.69) is 46.6 Å². The lowest BCUT2D eigenvalue weighted by Gasteiger charge is -2.45. The number of amides is 1. The molecule has 1 fully saturated rings. The van der Waals surface area contributed by atoms with E-state index in [0.717, 1.165) is 26.0 Å². The van der Waals surface area contributed by atoms with E-state index in [1.165, 1.54) is 16.8 Å². The van der Waals surface area contributed by atoms with Gasteiger partial charge in [-0.05, 0) is 30.0 Å². The maximum Gasteiger partial charge on any atom is 0.225 e. The average Bonchev–Trinajstić information content (AvgIpc) is 2.68. The Morgan fingerprint density at radius 2 is 1.92 bits per heavy atom. The number of para-hydroxylation sites is 1. The summed E-state index contributed by atoms with van der Waals surface area (Å²) in [5.74, 6) is 0.0944. The highest BCUT2D eigenvalue weighted by atomic mass is 16.5. The Balaban J connectivity index is 1.44. The van der Waals surface area contributed by atoms with E-state index in [9.17, 15) is 4.79 Å². The number of benzene rings is 2. The Labute approximate surface area is 148 Å². The summed E-state index contributed by atoms with van der Waals surface area (Å²) < 4.78 is 5.69. The summed E-state index contributed by atoms with van der Waals surface area (Å²) in [7, 11) is 0. The molecule has 2 aromatic carbocycles. The zero-order valence-electron chi connectivity index (χ0n) is 14.4. The molecule has 2 unspecified atom stereocenters. The molecule has 4 rings (SSSR count). The van der Waals surface area contributed by atoms with Crippen LogP contribution >= 0.6 is 0 Å². The topological polar surface area (TPSA) is 41.6 Å². The van der Waals surface area contributed by atoms with E-state index < -0.39 is 0 Å². The van der Waals surface area contributed by atoms with Gasteiger partial charge in [0, 0.05) is 18.8 Å².